The fourth-order valence-corrected chi connectivity index (χ4v) is 2.20. The SMILES string of the molecule is Cc1cn(C2CC2)c(Nc2ccccc2C(F)(F)F)n1. The molecule has 0 amide bonds. The van der Waals surface area contributed by atoms with Gasteiger partial charge in [0.1, 0.15) is 0 Å². The Kier molecular flexibility index (Phi) is 2.96. The van der Waals surface area contributed by atoms with Crippen LogP contribution >= 0.6 is 0 Å². The zero-order chi connectivity index (χ0) is 14.3. The number of nitrogens with one attached hydrogen (secondary N) is 1. The molecule has 0 bridgehead atoms. The van der Waals surface area contributed by atoms with Crippen molar-refractivity contribution in [3.05, 3.63) is 41.7 Å². The van der Waals surface area contributed by atoms with E-state index in [-0.39, 0.29) is 5.69 Å². The van der Waals surface area contributed by atoms with Crippen molar-refractivity contribution in [3.63, 3.8) is 0 Å². The average molecular weight is 281 g/mol. The molecule has 0 atom stereocenters. The number of alkyl halides is 3. The number of benzene rings is 1. The number of hydrogen-bond acceptors (Lipinski definition) is 2. The van der Waals surface area contributed by atoms with Gasteiger partial charge >= 0.3 is 6.18 Å². The number of anilines is 2. The van der Waals surface area contributed by atoms with Crippen molar-refractivity contribution in [2.24, 2.45) is 0 Å². The number of hydrogen-bond donors (Lipinski definition) is 1. The van der Waals surface area contributed by atoms with Gasteiger partial charge in [-0.1, -0.05) is 12.1 Å². The van der Waals surface area contributed by atoms with Gasteiger partial charge in [0.15, 0.2) is 0 Å². The van der Waals surface area contributed by atoms with Crippen LogP contribution in [0.2, 0.25) is 0 Å². The van der Waals surface area contributed by atoms with E-state index in [1.54, 1.807) is 6.07 Å². The summed E-state index contributed by atoms with van der Waals surface area (Å²) in [6.07, 6.45) is -0.414. The van der Waals surface area contributed by atoms with Crippen LogP contribution in [0.25, 0.3) is 0 Å². The summed E-state index contributed by atoms with van der Waals surface area (Å²) in [4.78, 5) is 4.27. The van der Waals surface area contributed by atoms with Gasteiger partial charge in [0, 0.05) is 12.2 Å². The van der Waals surface area contributed by atoms with E-state index in [2.05, 4.69) is 10.3 Å². The molecular weight excluding hydrogens is 267 g/mol. The minimum absolute atomic E-state index is 0.0347. The maximum atomic E-state index is 13.0. The van der Waals surface area contributed by atoms with Crippen LogP contribution in [-0.4, -0.2) is 9.55 Å². The summed E-state index contributed by atoms with van der Waals surface area (Å²) in [5.74, 6) is 0.474. The molecule has 1 fully saturated rings. The Labute approximate surface area is 114 Å². The van der Waals surface area contributed by atoms with Crippen LogP contribution in [0, 0.1) is 6.92 Å². The van der Waals surface area contributed by atoms with Gasteiger partial charge < -0.3 is 9.88 Å². The Bertz CT molecular complexity index is 627. The second-order valence-electron chi connectivity index (χ2n) is 5.01. The third-order valence-electron chi connectivity index (χ3n) is 3.27. The Morgan fingerprint density at radius 1 is 1.25 bits per heavy atom. The van der Waals surface area contributed by atoms with Gasteiger partial charge in [-0.25, -0.2) is 4.98 Å². The lowest BCUT2D eigenvalue weighted by molar-refractivity contribution is -0.136. The van der Waals surface area contributed by atoms with E-state index in [1.165, 1.54) is 12.1 Å². The van der Waals surface area contributed by atoms with Crippen molar-refractivity contribution in [2.45, 2.75) is 32.0 Å². The molecule has 2 aromatic rings. The average Bonchev–Trinajstić information content (AvgIpc) is 3.14. The lowest BCUT2D eigenvalue weighted by Gasteiger charge is -2.14. The van der Waals surface area contributed by atoms with E-state index in [0.717, 1.165) is 24.6 Å². The smallest absolute Gasteiger partial charge is 0.325 e. The Hall–Kier alpha value is -1.98. The molecule has 1 N–H and O–H groups in total. The van der Waals surface area contributed by atoms with Crippen LogP contribution in [0.4, 0.5) is 24.8 Å². The third kappa shape index (κ3) is 2.50. The fraction of sp³-hybridized carbons (Fsp3) is 0.357. The summed E-state index contributed by atoms with van der Waals surface area (Å²) >= 11 is 0. The van der Waals surface area contributed by atoms with Crippen molar-refractivity contribution in [2.75, 3.05) is 5.32 Å². The van der Waals surface area contributed by atoms with Crippen LogP contribution in [0.3, 0.4) is 0 Å². The highest BCUT2D eigenvalue weighted by molar-refractivity contribution is 5.60. The zero-order valence-corrected chi connectivity index (χ0v) is 10.9. The minimum Gasteiger partial charge on any atom is -0.325 e. The molecule has 0 saturated heterocycles. The Morgan fingerprint density at radius 2 is 1.95 bits per heavy atom. The first-order valence-electron chi connectivity index (χ1n) is 6.44. The topological polar surface area (TPSA) is 29.9 Å². The molecule has 0 radical (unpaired) electrons. The summed E-state index contributed by atoms with van der Waals surface area (Å²) < 4.78 is 40.8. The van der Waals surface area contributed by atoms with Gasteiger partial charge in [-0.15, -0.1) is 0 Å². The van der Waals surface area contributed by atoms with E-state index in [4.69, 9.17) is 0 Å². The van der Waals surface area contributed by atoms with Gasteiger partial charge in [-0.3, -0.25) is 0 Å². The second-order valence-corrected chi connectivity index (χ2v) is 5.01. The fourth-order valence-electron chi connectivity index (χ4n) is 2.20. The van der Waals surface area contributed by atoms with Crippen molar-refractivity contribution in [1.82, 2.24) is 9.55 Å². The summed E-state index contributed by atoms with van der Waals surface area (Å²) in [6, 6.07) is 5.81. The summed E-state index contributed by atoms with van der Waals surface area (Å²) in [5.41, 5.74) is 0.152. The molecule has 3 nitrogen and oxygen atoms in total. The van der Waals surface area contributed by atoms with Crippen molar-refractivity contribution >= 4 is 11.6 Å². The summed E-state index contributed by atoms with van der Waals surface area (Å²) in [5, 5.41) is 2.82. The van der Waals surface area contributed by atoms with E-state index >= 15 is 0 Å². The van der Waals surface area contributed by atoms with Gasteiger partial charge in [-0.2, -0.15) is 13.2 Å². The monoisotopic (exact) mass is 281 g/mol. The first-order chi connectivity index (χ1) is 9.45. The second kappa shape index (κ2) is 4.54. The molecule has 3 rings (SSSR count). The largest absolute Gasteiger partial charge is 0.418 e. The molecule has 106 valence electrons. The van der Waals surface area contributed by atoms with Gasteiger partial charge in [-0.05, 0) is 31.9 Å². The number of rotatable bonds is 3. The van der Waals surface area contributed by atoms with E-state index in [9.17, 15) is 13.2 Å². The van der Waals surface area contributed by atoms with Crippen molar-refractivity contribution in [1.29, 1.82) is 0 Å². The molecule has 0 aliphatic heterocycles. The minimum atomic E-state index is -4.38. The molecule has 1 aromatic carbocycles. The number of halogens is 3. The molecule has 1 heterocycles. The number of aromatic nitrogens is 2. The Balaban J connectivity index is 1.96. The highest BCUT2D eigenvalue weighted by Gasteiger charge is 2.34. The van der Waals surface area contributed by atoms with Crippen LogP contribution in [0.5, 0.6) is 0 Å². The van der Waals surface area contributed by atoms with Crippen LogP contribution in [0.1, 0.15) is 30.1 Å². The quantitative estimate of drug-likeness (QED) is 0.909. The molecule has 1 saturated carbocycles. The molecule has 1 aliphatic carbocycles. The first-order valence-corrected chi connectivity index (χ1v) is 6.44. The van der Waals surface area contributed by atoms with Crippen molar-refractivity contribution < 1.29 is 13.2 Å². The van der Waals surface area contributed by atoms with Gasteiger partial charge in [0.05, 0.1) is 16.9 Å². The van der Waals surface area contributed by atoms with Crippen LogP contribution < -0.4 is 5.32 Å². The number of nitrogens with zero attached hydrogens (tertiary/aromatic N) is 2. The number of para-hydroxylation sites is 1. The summed E-state index contributed by atoms with van der Waals surface area (Å²) in [7, 11) is 0. The van der Waals surface area contributed by atoms with Crippen LogP contribution in [-0.2, 0) is 6.18 Å². The van der Waals surface area contributed by atoms with E-state index in [1.807, 2.05) is 17.7 Å². The Morgan fingerprint density at radius 3 is 2.60 bits per heavy atom. The molecule has 1 aromatic heterocycles. The van der Waals surface area contributed by atoms with Crippen LogP contribution in [0.15, 0.2) is 30.5 Å². The maximum Gasteiger partial charge on any atom is 0.418 e. The third-order valence-corrected chi connectivity index (χ3v) is 3.27. The standard InChI is InChI=1S/C14H14F3N3/c1-9-8-20(10-6-7-10)13(18-9)19-12-5-3-2-4-11(12)14(15,16)17/h2-5,8,10H,6-7H2,1H3,(H,18,19). The number of aryl methyl sites for hydroxylation is 1. The molecule has 0 spiro atoms. The first kappa shape index (κ1) is 13.0. The predicted molar refractivity (Wildman–Crippen MR) is 70.0 cm³/mol. The molecule has 20 heavy (non-hydrogen) atoms. The lowest BCUT2D eigenvalue weighted by Crippen LogP contribution is -2.10. The van der Waals surface area contributed by atoms with E-state index in [0.29, 0.717) is 12.0 Å². The highest BCUT2D eigenvalue weighted by Crippen LogP contribution is 2.39. The molecule has 1 aliphatic rings. The molecule has 0 unspecified atom stereocenters. The highest BCUT2D eigenvalue weighted by atomic mass is 19.4. The van der Waals surface area contributed by atoms with Gasteiger partial charge in [0.2, 0.25) is 5.95 Å². The van der Waals surface area contributed by atoms with E-state index < -0.39 is 11.7 Å². The number of imidazole rings is 1. The molecular formula is C14H14F3N3. The normalized spacial score (nSPS) is 15.4. The lowest BCUT2D eigenvalue weighted by atomic mass is 10.1. The zero-order valence-electron chi connectivity index (χ0n) is 10.9. The van der Waals surface area contributed by atoms with Gasteiger partial charge in [0.25, 0.3) is 0 Å². The predicted octanol–water partition coefficient (Wildman–Crippen LogP) is 4.29. The van der Waals surface area contributed by atoms with Crippen molar-refractivity contribution in [3.8, 4) is 0 Å². The summed E-state index contributed by atoms with van der Waals surface area (Å²) in [6.45, 7) is 1.83. The maximum absolute atomic E-state index is 13.0. The molecule has 6 heteroatoms.